The lowest BCUT2D eigenvalue weighted by Crippen LogP contribution is -2.35. The predicted molar refractivity (Wildman–Crippen MR) is 54.8 cm³/mol. The van der Waals surface area contributed by atoms with E-state index in [2.05, 4.69) is 5.32 Å². The number of nitrogens with two attached hydrogens (primary N) is 1. The minimum absolute atomic E-state index is 0.293. The number of nitrogen functional groups attached to an aromatic ring is 1. The highest BCUT2D eigenvalue weighted by molar-refractivity contribution is 5.95. The van der Waals surface area contributed by atoms with Crippen LogP contribution in [-0.2, 0) is 0 Å². The Balaban J connectivity index is 2.99. The molecule has 88 valence electrons. The molecule has 1 aromatic rings. The van der Waals surface area contributed by atoms with Gasteiger partial charge in [-0.1, -0.05) is 0 Å². The highest BCUT2D eigenvalue weighted by atomic mass is 19.1. The molecule has 16 heavy (non-hydrogen) atoms. The Labute approximate surface area is 91.1 Å². The van der Waals surface area contributed by atoms with E-state index in [0.29, 0.717) is 0 Å². The predicted octanol–water partition coefficient (Wildman–Crippen LogP) is 0.658. The number of hydrogen-bond acceptors (Lipinski definition) is 3. The molecule has 1 rings (SSSR count). The second-order valence-electron chi connectivity index (χ2n) is 3.41. The molecule has 0 radical (unpaired) electrons. The van der Waals surface area contributed by atoms with Gasteiger partial charge in [0.05, 0.1) is 17.9 Å². The van der Waals surface area contributed by atoms with E-state index in [1.54, 1.807) is 0 Å². The summed E-state index contributed by atoms with van der Waals surface area (Å²) in [6.45, 7) is 1.23. The minimum Gasteiger partial charge on any atom is -0.396 e. The topological polar surface area (TPSA) is 75.3 Å². The van der Waals surface area contributed by atoms with Crippen molar-refractivity contribution in [2.24, 2.45) is 0 Å². The fourth-order valence-electron chi connectivity index (χ4n) is 1.12. The number of carbonyl (C=O) groups is 1. The van der Waals surface area contributed by atoms with Crippen molar-refractivity contribution in [3.63, 3.8) is 0 Å². The maximum absolute atomic E-state index is 13.4. The fraction of sp³-hybridized carbons (Fsp3) is 0.300. The molecule has 0 aliphatic rings. The smallest absolute Gasteiger partial charge is 0.254 e. The number of hydrogen-bond donors (Lipinski definition) is 3. The normalized spacial score (nSPS) is 12.2. The Kier molecular flexibility index (Phi) is 3.78. The molecule has 0 bridgehead atoms. The Morgan fingerprint density at radius 1 is 1.56 bits per heavy atom. The van der Waals surface area contributed by atoms with Crippen molar-refractivity contribution in [1.82, 2.24) is 5.32 Å². The highest BCUT2D eigenvalue weighted by Gasteiger charge is 2.17. The summed E-state index contributed by atoms with van der Waals surface area (Å²) in [6, 6.07) is 1.00. The molecule has 1 amide bonds. The van der Waals surface area contributed by atoms with E-state index in [9.17, 15) is 13.6 Å². The summed E-state index contributed by atoms with van der Waals surface area (Å²) < 4.78 is 26.3. The number of nitrogens with one attached hydrogen (secondary N) is 1. The fourth-order valence-corrected chi connectivity index (χ4v) is 1.12. The van der Waals surface area contributed by atoms with Crippen LogP contribution < -0.4 is 11.1 Å². The Bertz CT molecular complexity index is 410. The SMILES string of the molecule is C[C@@H](CO)NC(=O)c1cc(F)cc(N)c1F. The summed E-state index contributed by atoms with van der Waals surface area (Å²) in [5.74, 6) is -2.57. The number of anilines is 1. The average molecular weight is 230 g/mol. The molecule has 6 heteroatoms. The first kappa shape index (κ1) is 12.4. The molecule has 4 nitrogen and oxygen atoms in total. The van der Waals surface area contributed by atoms with E-state index in [-0.39, 0.29) is 6.61 Å². The molecule has 0 aliphatic heterocycles. The molecule has 4 N–H and O–H groups in total. The Morgan fingerprint density at radius 3 is 2.75 bits per heavy atom. The van der Waals surface area contributed by atoms with Gasteiger partial charge in [-0.05, 0) is 19.1 Å². The van der Waals surface area contributed by atoms with E-state index >= 15 is 0 Å². The van der Waals surface area contributed by atoms with Crippen LogP contribution in [0.3, 0.4) is 0 Å². The maximum Gasteiger partial charge on any atom is 0.254 e. The number of amides is 1. The Morgan fingerprint density at radius 2 is 2.19 bits per heavy atom. The molecular formula is C10H12F2N2O2. The molecule has 0 spiro atoms. The van der Waals surface area contributed by atoms with Crippen LogP contribution in [0.25, 0.3) is 0 Å². The van der Waals surface area contributed by atoms with Gasteiger partial charge in [-0.15, -0.1) is 0 Å². The molecule has 1 aromatic carbocycles. The monoisotopic (exact) mass is 230 g/mol. The van der Waals surface area contributed by atoms with Gasteiger partial charge >= 0.3 is 0 Å². The van der Waals surface area contributed by atoms with Gasteiger partial charge in [-0.2, -0.15) is 0 Å². The molecule has 0 saturated carbocycles. The quantitative estimate of drug-likeness (QED) is 0.667. The van der Waals surface area contributed by atoms with E-state index in [0.717, 1.165) is 12.1 Å². The van der Waals surface area contributed by atoms with Crippen LogP contribution in [0.4, 0.5) is 14.5 Å². The van der Waals surface area contributed by atoms with Crippen LogP contribution in [-0.4, -0.2) is 23.7 Å². The van der Waals surface area contributed by atoms with Crippen LogP contribution in [0.5, 0.6) is 0 Å². The van der Waals surface area contributed by atoms with Crippen LogP contribution in [0, 0.1) is 11.6 Å². The largest absolute Gasteiger partial charge is 0.396 e. The molecule has 0 aliphatic carbocycles. The summed E-state index contributed by atoms with van der Waals surface area (Å²) in [5, 5.41) is 11.0. The summed E-state index contributed by atoms with van der Waals surface area (Å²) in [7, 11) is 0. The first-order valence-corrected chi connectivity index (χ1v) is 4.62. The van der Waals surface area contributed by atoms with Crippen molar-refractivity contribution in [3.05, 3.63) is 29.3 Å². The van der Waals surface area contributed by atoms with Gasteiger partial charge in [0, 0.05) is 6.04 Å². The molecule has 0 aromatic heterocycles. The van der Waals surface area contributed by atoms with Crippen molar-refractivity contribution in [3.8, 4) is 0 Å². The Hall–Kier alpha value is -1.69. The number of aliphatic hydroxyl groups is 1. The average Bonchev–Trinajstić information content (AvgIpc) is 2.22. The lowest BCUT2D eigenvalue weighted by molar-refractivity contribution is 0.0918. The van der Waals surface area contributed by atoms with Crippen molar-refractivity contribution < 1.29 is 18.7 Å². The standard InChI is InChI=1S/C10H12F2N2O2/c1-5(4-15)14-10(16)7-2-6(11)3-8(13)9(7)12/h2-3,5,15H,4,13H2,1H3,(H,14,16)/t5-/m0/s1. The first-order valence-electron chi connectivity index (χ1n) is 4.62. The lowest BCUT2D eigenvalue weighted by Gasteiger charge is -2.11. The van der Waals surface area contributed by atoms with Crippen molar-refractivity contribution in [2.75, 3.05) is 12.3 Å². The van der Waals surface area contributed by atoms with Crippen LogP contribution in [0.1, 0.15) is 17.3 Å². The third kappa shape index (κ3) is 2.66. The summed E-state index contributed by atoms with van der Waals surface area (Å²) >= 11 is 0. The van der Waals surface area contributed by atoms with E-state index in [1.165, 1.54) is 6.92 Å². The number of carbonyl (C=O) groups excluding carboxylic acids is 1. The van der Waals surface area contributed by atoms with Gasteiger partial charge in [0.1, 0.15) is 5.82 Å². The second kappa shape index (κ2) is 4.89. The summed E-state index contributed by atoms with van der Waals surface area (Å²) in [4.78, 5) is 11.5. The summed E-state index contributed by atoms with van der Waals surface area (Å²) in [6.07, 6.45) is 0. The van der Waals surface area contributed by atoms with Crippen molar-refractivity contribution in [2.45, 2.75) is 13.0 Å². The van der Waals surface area contributed by atoms with Gasteiger partial charge in [0.15, 0.2) is 5.82 Å². The van der Waals surface area contributed by atoms with Crippen molar-refractivity contribution >= 4 is 11.6 Å². The number of halogens is 2. The minimum atomic E-state index is -0.968. The molecule has 0 fully saturated rings. The number of rotatable bonds is 3. The molecular weight excluding hydrogens is 218 g/mol. The zero-order chi connectivity index (χ0) is 12.3. The molecule has 0 unspecified atom stereocenters. The first-order chi connectivity index (χ1) is 7.45. The van der Waals surface area contributed by atoms with Gasteiger partial charge < -0.3 is 16.2 Å². The van der Waals surface area contributed by atoms with Crippen LogP contribution in [0.2, 0.25) is 0 Å². The maximum atomic E-state index is 13.4. The third-order valence-electron chi connectivity index (χ3n) is 1.96. The van der Waals surface area contributed by atoms with Crippen molar-refractivity contribution in [1.29, 1.82) is 0 Å². The van der Waals surface area contributed by atoms with E-state index < -0.39 is 34.8 Å². The third-order valence-corrected chi connectivity index (χ3v) is 1.96. The van der Waals surface area contributed by atoms with Crippen LogP contribution in [0.15, 0.2) is 12.1 Å². The number of benzene rings is 1. The van der Waals surface area contributed by atoms with Gasteiger partial charge in [0.2, 0.25) is 0 Å². The highest BCUT2D eigenvalue weighted by Crippen LogP contribution is 2.17. The van der Waals surface area contributed by atoms with E-state index in [1.807, 2.05) is 0 Å². The molecule has 0 saturated heterocycles. The zero-order valence-corrected chi connectivity index (χ0v) is 8.63. The molecule has 0 heterocycles. The zero-order valence-electron chi connectivity index (χ0n) is 8.63. The van der Waals surface area contributed by atoms with Crippen LogP contribution >= 0.6 is 0 Å². The van der Waals surface area contributed by atoms with E-state index in [4.69, 9.17) is 10.8 Å². The molecule has 1 atom stereocenters. The van der Waals surface area contributed by atoms with Gasteiger partial charge in [0.25, 0.3) is 5.91 Å². The second-order valence-corrected chi connectivity index (χ2v) is 3.41. The number of aliphatic hydroxyl groups excluding tert-OH is 1. The van der Waals surface area contributed by atoms with Gasteiger partial charge in [-0.25, -0.2) is 8.78 Å². The lowest BCUT2D eigenvalue weighted by atomic mass is 10.1. The summed E-state index contributed by atoms with van der Waals surface area (Å²) in [5.41, 5.74) is 4.28. The van der Waals surface area contributed by atoms with Gasteiger partial charge in [-0.3, -0.25) is 4.79 Å².